The maximum atomic E-state index is 13.9. The summed E-state index contributed by atoms with van der Waals surface area (Å²) >= 11 is 6.10. The summed E-state index contributed by atoms with van der Waals surface area (Å²) in [7, 11) is -15.8. The van der Waals surface area contributed by atoms with Gasteiger partial charge in [0.25, 0.3) is 0 Å². The quantitative estimate of drug-likeness (QED) is 0.0785. The van der Waals surface area contributed by atoms with Crippen LogP contribution in [-0.2, 0) is 30.4 Å². The number of fused-ring (bicyclic) bond motifs is 1. The molecule has 23 heteroatoms. The summed E-state index contributed by atoms with van der Waals surface area (Å²) in [6.45, 7) is 1.30. The average Bonchev–Trinajstić information content (AvgIpc) is 2.84. The van der Waals surface area contributed by atoms with E-state index in [0.29, 0.717) is 18.2 Å². The first kappa shape index (κ1) is 41.2. The molecule has 4 aromatic rings. The van der Waals surface area contributed by atoms with Crippen molar-refractivity contribution in [2.24, 2.45) is 10.2 Å². The molecule has 0 aliphatic rings. The second-order valence-electron chi connectivity index (χ2n) is 8.04. The summed E-state index contributed by atoms with van der Waals surface area (Å²) in [6, 6.07) is 6.23. The van der Waals surface area contributed by atoms with Gasteiger partial charge in [-0.3, -0.25) is 0 Å². The van der Waals surface area contributed by atoms with Crippen molar-refractivity contribution in [3.63, 3.8) is 0 Å². The Hall–Kier alpha value is -0.850. The van der Waals surface area contributed by atoms with Gasteiger partial charge in [0.2, 0.25) is 0 Å². The van der Waals surface area contributed by atoms with Gasteiger partial charge in [-0.25, -0.2) is 30.2 Å². The summed E-state index contributed by atoms with van der Waals surface area (Å²) in [5.41, 5.74) is -2.20. The Morgan fingerprint density at radius 3 is 2.02 bits per heavy atom. The van der Waals surface area contributed by atoms with Crippen LogP contribution in [0.15, 0.2) is 67.4 Å². The van der Waals surface area contributed by atoms with Crippen molar-refractivity contribution in [2.45, 2.75) is 21.6 Å². The Kier molecular flexibility index (Phi) is 14.4. The monoisotopic (exact) mass is 713 g/mol. The Morgan fingerprint density at radius 1 is 0.864 bits per heavy atom. The van der Waals surface area contributed by atoms with Crippen molar-refractivity contribution < 1.29 is 137 Å². The fourth-order valence-corrected chi connectivity index (χ4v) is 5.50. The molecule has 0 saturated heterocycles. The molecule has 44 heavy (non-hydrogen) atoms. The van der Waals surface area contributed by atoms with Crippen LogP contribution in [0.2, 0.25) is 5.02 Å². The van der Waals surface area contributed by atoms with Crippen LogP contribution in [0.25, 0.3) is 10.8 Å². The van der Waals surface area contributed by atoms with Crippen molar-refractivity contribution >= 4 is 75.6 Å². The normalized spacial score (nSPS) is 11.9. The number of aryl methyl sites for hydroxylation is 1. The first-order valence-corrected chi connectivity index (χ1v) is 15.2. The summed E-state index contributed by atoms with van der Waals surface area (Å²) in [6.07, 6.45) is -1.27. The second kappa shape index (κ2) is 15.4. The predicted molar refractivity (Wildman–Crippen MR) is 135 cm³/mol. The zero-order valence-electron chi connectivity index (χ0n) is 22.9. The van der Waals surface area contributed by atoms with Gasteiger partial charge in [0.05, 0.1) is 26.1 Å². The third kappa shape index (κ3) is 9.15. The molecule has 3 aromatic carbocycles. The van der Waals surface area contributed by atoms with E-state index in [9.17, 15) is 48.4 Å². The van der Waals surface area contributed by atoms with E-state index in [1.807, 2.05) is 0 Å². The minimum Gasteiger partial charge on any atom is -0.744 e. The number of nitrogens with zero attached hydrogens (tertiary/aromatic N) is 4. The standard InChI is InChI=1S/C21H15ClFN5O10S3.3Na/c1-9-17(22)20(26-21(23)24-9)25-13-8-11(39(30,31)32)6-10-7-15(41(36,37)38)18(19(29)16(10)13)28-27-12-4-2-3-5-14(12)40(33,34)35;;;/h2-8,29H,1H3,(H,24,25,26)(H,30,31,32)(H,33,34,35)(H,36,37,38);;;/q;3*+1/p-3. The van der Waals surface area contributed by atoms with Crippen molar-refractivity contribution in [1.82, 2.24) is 9.97 Å². The third-order valence-corrected chi connectivity index (χ3v) is 8.32. The number of benzene rings is 3. The molecule has 1 heterocycles. The van der Waals surface area contributed by atoms with Crippen molar-refractivity contribution in [3.8, 4) is 5.75 Å². The number of nitrogens with one attached hydrogen (secondary N) is 1. The summed E-state index contributed by atoms with van der Waals surface area (Å²) in [5, 5.41) is 19.3. The molecule has 0 bridgehead atoms. The number of phenols is 1. The fraction of sp³-hybridized carbons (Fsp3) is 0.0476. The van der Waals surface area contributed by atoms with Crippen LogP contribution in [-0.4, -0.2) is 54.0 Å². The molecular formula is C21H12ClFN5Na3O10S3. The number of aromatic nitrogens is 2. The number of phenolic OH excluding ortho intramolecular Hbond substituents is 1. The van der Waals surface area contributed by atoms with Gasteiger partial charge in [0, 0.05) is 5.39 Å². The first-order valence-electron chi connectivity index (χ1n) is 10.6. The molecule has 216 valence electrons. The first-order chi connectivity index (χ1) is 18.9. The Morgan fingerprint density at radius 2 is 1.45 bits per heavy atom. The number of aromatic hydroxyl groups is 1. The molecule has 1 aromatic heterocycles. The van der Waals surface area contributed by atoms with Gasteiger partial charge in [-0.15, -0.1) is 10.2 Å². The Balaban J connectivity index is 0.00000323. The molecule has 0 spiro atoms. The maximum Gasteiger partial charge on any atom is 1.00 e. The molecule has 2 N–H and O–H groups in total. The predicted octanol–water partition coefficient (Wildman–Crippen LogP) is -5.68. The minimum absolute atomic E-state index is 0. The summed E-state index contributed by atoms with van der Waals surface area (Å²) in [5.74, 6) is -1.60. The van der Waals surface area contributed by atoms with Crippen LogP contribution in [0.1, 0.15) is 5.69 Å². The fourth-order valence-electron chi connectivity index (χ4n) is 3.58. The van der Waals surface area contributed by atoms with Crippen LogP contribution in [0.3, 0.4) is 0 Å². The van der Waals surface area contributed by atoms with Gasteiger partial charge >= 0.3 is 94.8 Å². The molecule has 0 aliphatic heterocycles. The Labute approximate surface area is 320 Å². The zero-order chi connectivity index (χ0) is 30.5. The number of anilines is 2. The number of hydrogen-bond donors (Lipinski definition) is 2. The molecule has 0 fully saturated rings. The second-order valence-corrected chi connectivity index (χ2v) is 12.5. The van der Waals surface area contributed by atoms with Gasteiger partial charge in [-0.2, -0.15) is 9.37 Å². The largest absolute Gasteiger partial charge is 1.00 e. The Bertz CT molecular complexity index is 2120. The van der Waals surface area contributed by atoms with E-state index in [0.717, 1.165) is 12.1 Å². The van der Waals surface area contributed by atoms with Gasteiger partial charge in [-0.1, -0.05) is 23.7 Å². The SMILES string of the molecule is Cc1nc(F)nc(Nc2cc(S(=O)(=O)[O-])cc3cc(S(=O)(=O)[O-])c(N=Nc4ccccc4S(=O)(=O)[O-])c(O)c23)c1Cl.[Na+].[Na+].[Na+]. The smallest absolute Gasteiger partial charge is 0.744 e. The zero-order valence-corrected chi connectivity index (χ0v) is 32.1. The van der Waals surface area contributed by atoms with E-state index in [1.165, 1.54) is 19.1 Å². The summed E-state index contributed by atoms with van der Waals surface area (Å²) < 4.78 is 120. The summed E-state index contributed by atoms with van der Waals surface area (Å²) in [4.78, 5) is 3.75. The molecule has 15 nitrogen and oxygen atoms in total. The van der Waals surface area contributed by atoms with Crippen molar-refractivity contribution in [3.05, 3.63) is 59.3 Å². The van der Waals surface area contributed by atoms with Gasteiger partial charge in [-0.05, 0) is 42.6 Å². The molecule has 0 amide bonds. The number of azo groups is 1. The molecule has 4 rings (SSSR count). The average molecular weight is 714 g/mol. The van der Waals surface area contributed by atoms with Crippen LogP contribution in [0, 0.1) is 13.0 Å². The molecule has 0 radical (unpaired) electrons. The molecule has 0 atom stereocenters. The van der Waals surface area contributed by atoms with Crippen LogP contribution >= 0.6 is 11.6 Å². The van der Waals surface area contributed by atoms with Crippen molar-refractivity contribution in [1.29, 1.82) is 0 Å². The molecule has 0 saturated carbocycles. The van der Waals surface area contributed by atoms with Crippen LogP contribution in [0.5, 0.6) is 5.75 Å². The van der Waals surface area contributed by atoms with E-state index in [1.54, 1.807) is 0 Å². The van der Waals surface area contributed by atoms with Gasteiger partial charge < -0.3 is 24.1 Å². The van der Waals surface area contributed by atoms with Gasteiger partial charge in [0.1, 0.15) is 46.8 Å². The number of rotatable bonds is 7. The number of halogens is 2. The third-order valence-electron chi connectivity index (χ3n) is 5.32. The van der Waals surface area contributed by atoms with E-state index < -0.39 is 90.5 Å². The van der Waals surface area contributed by atoms with Crippen LogP contribution in [0.4, 0.5) is 27.3 Å². The van der Waals surface area contributed by atoms with E-state index in [4.69, 9.17) is 11.6 Å². The van der Waals surface area contributed by atoms with Gasteiger partial charge in [0.15, 0.2) is 11.6 Å². The number of hydrogen-bond acceptors (Lipinski definition) is 15. The van der Waals surface area contributed by atoms with E-state index >= 15 is 0 Å². The topological polar surface area (TPSA) is 254 Å². The van der Waals surface area contributed by atoms with Crippen LogP contribution < -0.4 is 94.0 Å². The van der Waals surface area contributed by atoms with E-state index in [2.05, 4.69) is 25.5 Å². The minimum atomic E-state index is -5.51. The molecule has 0 unspecified atom stereocenters. The van der Waals surface area contributed by atoms with Crippen molar-refractivity contribution in [2.75, 3.05) is 5.32 Å². The molecular weight excluding hydrogens is 702 g/mol. The molecule has 0 aliphatic carbocycles. The maximum absolute atomic E-state index is 13.9. The van der Waals surface area contributed by atoms with E-state index in [-0.39, 0.29) is 99.4 Å².